The summed E-state index contributed by atoms with van der Waals surface area (Å²) in [6, 6.07) is 7.19. The van der Waals surface area contributed by atoms with Gasteiger partial charge in [0.2, 0.25) is 5.91 Å². The van der Waals surface area contributed by atoms with Gasteiger partial charge in [-0.3, -0.25) is 9.59 Å². The van der Waals surface area contributed by atoms with Gasteiger partial charge in [0.1, 0.15) is 0 Å². The molecule has 1 aromatic heterocycles. The van der Waals surface area contributed by atoms with Gasteiger partial charge in [-0.2, -0.15) is 0 Å². The molecule has 2 aromatic rings. The summed E-state index contributed by atoms with van der Waals surface area (Å²) in [4.78, 5) is 31.2. The Morgan fingerprint density at radius 3 is 2.64 bits per heavy atom. The molecule has 0 aliphatic rings. The highest BCUT2D eigenvalue weighted by Gasteiger charge is 2.16. The first-order valence-corrected chi connectivity index (χ1v) is 10.1. The minimum absolute atomic E-state index is 0.103. The topological polar surface area (TPSA) is 93.3 Å². The van der Waals surface area contributed by atoms with Gasteiger partial charge in [-0.15, -0.1) is 0 Å². The SMILES string of the molecule is CCCc1cc(=O)[nH]c(SC(C)C(=O)NCCc2ccc(OC)c(OC)c2)n1. The zero-order valence-corrected chi connectivity index (χ0v) is 17.5. The molecule has 2 N–H and O–H groups in total. The monoisotopic (exact) mass is 405 g/mol. The number of methoxy groups -OCH3 is 2. The number of carbonyl (C=O) groups is 1. The first kappa shape index (κ1) is 21.8. The molecule has 0 bridgehead atoms. The summed E-state index contributed by atoms with van der Waals surface area (Å²) in [6.45, 7) is 4.33. The van der Waals surface area contributed by atoms with E-state index in [1.807, 2.05) is 25.1 Å². The molecule has 0 fully saturated rings. The highest BCUT2D eigenvalue weighted by Crippen LogP contribution is 2.27. The molecule has 1 heterocycles. The number of aromatic nitrogens is 2. The fourth-order valence-corrected chi connectivity index (χ4v) is 3.51. The molecule has 7 nitrogen and oxygen atoms in total. The van der Waals surface area contributed by atoms with E-state index in [4.69, 9.17) is 9.47 Å². The van der Waals surface area contributed by atoms with E-state index < -0.39 is 0 Å². The molecule has 1 unspecified atom stereocenters. The number of amides is 1. The summed E-state index contributed by atoms with van der Waals surface area (Å²) in [6.07, 6.45) is 2.32. The average molecular weight is 406 g/mol. The Balaban J connectivity index is 1.88. The van der Waals surface area contributed by atoms with Gasteiger partial charge in [0.15, 0.2) is 16.7 Å². The number of H-pyrrole nitrogens is 1. The molecule has 152 valence electrons. The fraction of sp³-hybridized carbons (Fsp3) is 0.450. The largest absolute Gasteiger partial charge is 0.493 e. The van der Waals surface area contributed by atoms with Crippen LogP contribution in [-0.2, 0) is 17.6 Å². The molecular formula is C20H27N3O4S. The van der Waals surface area contributed by atoms with Gasteiger partial charge in [0.05, 0.1) is 19.5 Å². The van der Waals surface area contributed by atoms with Crippen LogP contribution < -0.4 is 20.3 Å². The number of benzene rings is 1. The minimum Gasteiger partial charge on any atom is -0.493 e. The lowest BCUT2D eigenvalue weighted by atomic mass is 10.1. The molecule has 0 saturated carbocycles. The second-order valence-corrected chi connectivity index (χ2v) is 7.61. The van der Waals surface area contributed by atoms with Gasteiger partial charge >= 0.3 is 0 Å². The maximum Gasteiger partial charge on any atom is 0.251 e. The molecule has 8 heteroatoms. The predicted molar refractivity (Wildman–Crippen MR) is 110 cm³/mol. The van der Waals surface area contributed by atoms with Crippen molar-refractivity contribution in [2.75, 3.05) is 20.8 Å². The van der Waals surface area contributed by atoms with Gasteiger partial charge in [-0.05, 0) is 37.5 Å². The Kier molecular flexibility index (Phi) is 8.38. The van der Waals surface area contributed by atoms with Crippen molar-refractivity contribution in [1.29, 1.82) is 0 Å². The Bertz CT molecular complexity index is 854. The molecule has 0 saturated heterocycles. The molecular weight excluding hydrogens is 378 g/mol. The molecule has 1 aromatic carbocycles. The Hall–Kier alpha value is -2.48. The third-order valence-corrected chi connectivity index (χ3v) is 5.08. The lowest BCUT2D eigenvalue weighted by Crippen LogP contribution is -2.32. The summed E-state index contributed by atoms with van der Waals surface area (Å²) >= 11 is 1.25. The highest BCUT2D eigenvalue weighted by atomic mass is 32.2. The van der Waals surface area contributed by atoms with Crippen molar-refractivity contribution >= 4 is 17.7 Å². The maximum absolute atomic E-state index is 12.4. The number of rotatable bonds is 10. The van der Waals surface area contributed by atoms with E-state index in [1.54, 1.807) is 21.1 Å². The van der Waals surface area contributed by atoms with E-state index in [1.165, 1.54) is 17.8 Å². The molecule has 1 amide bonds. The number of hydrogen-bond acceptors (Lipinski definition) is 6. The number of aryl methyl sites for hydroxylation is 1. The van der Waals surface area contributed by atoms with Crippen LogP contribution in [0.2, 0.25) is 0 Å². The molecule has 28 heavy (non-hydrogen) atoms. The van der Waals surface area contributed by atoms with Crippen molar-refractivity contribution in [1.82, 2.24) is 15.3 Å². The smallest absolute Gasteiger partial charge is 0.251 e. The van der Waals surface area contributed by atoms with Crippen LogP contribution in [0.4, 0.5) is 0 Å². The zero-order chi connectivity index (χ0) is 20.5. The zero-order valence-electron chi connectivity index (χ0n) is 16.7. The minimum atomic E-state index is -0.370. The number of ether oxygens (including phenoxy) is 2. The lowest BCUT2D eigenvalue weighted by Gasteiger charge is -2.13. The van der Waals surface area contributed by atoms with Crippen molar-refractivity contribution in [2.45, 2.75) is 43.5 Å². The molecule has 0 spiro atoms. The van der Waals surface area contributed by atoms with Gasteiger partial charge in [-0.25, -0.2) is 4.98 Å². The van der Waals surface area contributed by atoms with E-state index in [9.17, 15) is 9.59 Å². The Morgan fingerprint density at radius 1 is 1.21 bits per heavy atom. The number of carbonyl (C=O) groups excluding carboxylic acids is 1. The first-order chi connectivity index (χ1) is 13.5. The second-order valence-electron chi connectivity index (χ2n) is 6.28. The van der Waals surface area contributed by atoms with Gasteiger partial charge in [0.25, 0.3) is 5.56 Å². The summed E-state index contributed by atoms with van der Waals surface area (Å²) in [5, 5.41) is 3.02. The normalized spacial score (nSPS) is 11.7. The maximum atomic E-state index is 12.4. The van der Waals surface area contributed by atoms with Crippen LogP contribution >= 0.6 is 11.8 Å². The van der Waals surface area contributed by atoms with Crippen LogP contribution in [0, 0.1) is 0 Å². The standard InChI is InChI=1S/C20H27N3O4S/c1-5-6-15-12-18(24)23-20(22-15)28-13(2)19(25)21-10-9-14-7-8-16(26-3)17(11-14)27-4/h7-8,11-13H,5-6,9-10H2,1-4H3,(H,21,25)(H,22,23,24). The number of thioether (sulfide) groups is 1. The van der Waals surface area contributed by atoms with Crippen LogP contribution in [0.3, 0.4) is 0 Å². The van der Waals surface area contributed by atoms with E-state index in [0.29, 0.717) is 29.6 Å². The summed E-state index contributed by atoms with van der Waals surface area (Å²) in [5.41, 5.74) is 1.59. The third kappa shape index (κ3) is 6.30. The van der Waals surface area contributed by atoms with Crippen molar-refractivity contribution in [3.63, 3.8) is 0 Å². The lowest BCUT2D eigenvalue weighted by molar-refractivity contribution is -0.120. The third-order valence-electron chi connectivity index (χ3n) is 4.10. The second kappa shape index (κ2) is 10.8. The number of hydrogen-bond donors (Lipinski definition) is 2. The van der Waals surface area contributed by atoms with Gasteiger partial charge in [0, 0.05) is 18.3 Å². The quantitative estimate of drug-likeness (QED) is 0.466. The van der Waals surface area contributed by atoms with Crippen LogP contribution in [0.25, 0.3) is 0 Å². The van der Waals surface area contributed by atoms with E-state index in [-0.39, 0.29) is 16.7 Å². The predicted octanol–water partition coefficient (Wildman–Crippen LogP) is 2.58. The van der Waals surface area contributed by atoms with Crippen LogP contribution in [0.1, 0.15) is 31.5 Å². The molecule has 1 atom stereocenters. The molecule has 2 rings (SSSR count). The number of aromatic amines is 1. The van der Waals surface area contributed by atoms with Gasteiger partial charge < -0.3 is 19.8 Å². The van der Waals surface area contributed by atoms with E-state index in [2.05, 4.69) is 15.3 Å². The van der Waals surface area contributed by atoms with Crippen LogP contribution in [0.5, 0.6) is 11.5 Å². The van der Waals surface area contributed by atoms with E-state index in [0.717, 1.165) is 24.1 Å². The first-order valence-electron chi connectivity index (χ1n) is 9.22. The highest BCUT2D eigenvalue weighted by molar-refractivity contribution is 8.00. The van der Waals surface area contributed by atoms with Gasteiger partial charge in [-0.1, -0.05) is 31.2 Å². The van der Waals surface area contributed by atoms with Crippen molar-refractivity contribution in [3.05, 3.63) is 45.9 Å². The van der Waals surface area contributed by atoms with Crippen molar-refractivity contribution in [3.8, 4) is 11.5 Å². The van der Waals surface area contributed by atoms with Crippen LogP contribution in [-0.4, -0.2) is 41.9 Å². The van der Waals surface area contributed by atoms with Crippen LogP contribution in [0.15, 0.2) is 34.2 Å². The average Bonchev–Trinajstić information content (AvgIpc) is 2.67. The van der Waals surface area contributed by atoms with Crippen molar-refractivity contribution < 1.29 is 14.3 Å². The molecule has 0 radical (unpaired) electrons. The Labute approximate surface area is 169 Å². The summed E-state index contributed by atoms with van der Waals surface area (Å²) in [7, 11) is 3.19. The number of nitrogens with one attached hydrogen (secondary N) is 2. The van der Waals surface area contributed by atoms with Crippen molar-refractivity contribution in [2.24, 2.45) is 0 Å². The molecule has 0 aliphatic carbocycles. The fourth-order valence-electron chi connectivity index (χ4n) is 2.65. The Morgan fingerprint density at radius 2 is 1.96 bits per heavy atom. The summed E-state index contributed by atoms with van der Waals surface area (Å²) in [5.74, 6) is 1.23. The van der Waals surface area contributed by atoms with E-state index >= 15 is 0 Å². The molecule has 0 aliphatic heterocycles. The number of nitrogens with zero attached hydrogens (tertiary/aromatic N) is 1. The summed E-state index contributed by atoms with van der Waals surface area (Å²) < 4.78 is 10.5.